The topological polar surface area (TPSA) is 79.5 Å². The molecule has 2 aliphatic heterocycles. The molecule has 8 heteroatoms. The standard InChI is InChI=1S/C22H24Cl2N4O2/c1-13-4-5-14(7-18(13)24)19(8-20(25)29)27-9-15-11-28(12-16(15)10-27)22(30)21-17(23)3-2-6-26-21/h2-7,15-16,19H,8-12H2,1H3,(H2,25,29). The number of primary amides is 1. The van der Waals surface area contributed by atoms with Gasteiger partial charge >= 0.3 is 0 Å². The second kappa shape index (κ2) is 8.53. The molecule has 2 aliphatic rings. The highest BCUT2D eigenvalue weighted by molar-refractivity contribution is 6.33. The highest BCUT2D eigenvalue weighted by Crippen LogP contribution is 2.38. The molecular formula is C22H24Cl2N4O2. The van der Waals surface area contributed by atoms with Crippen molar-refractivity contribution in [2.45, 2.75) is 19.4 Å². The molecule has 0 radical (unpaired) electrons. The number of aromatic nitrogens is 1. The van der Waals surface area contributed by atoms with E-state index in [-0.39, 0.29) is 24.3 Å². The normalized spacial score (nSPS) is 22.2. The number of hydrogen-bond acceptors (Lipinski definition) is 4. The van der Waals surface area contributed by atoms with Gasteiger partial charge in [0, 0.05) is 49.9 Å². The monoisotopic (exact) mass is 446 g/mol. The van der Waals surface area contributed by atoms with E-state index < -0.39 is 0 Å². The average Bonchev–Trinajstić information content (AvgIpc) is 3.27. The largest absolute Gasteiger partial charge is 0.370 e. The molecule has 0 spiro atoms. The lowest BCUT2D eigenvalue weighted by Crippen LogP contribution is -2.36. The summed E-state index contributed by atoms with van der Waals surface area (Å²) in [7, 11) is 0. The minimum absolute atomic E-state index is 0.111. The number of amides is 2. The SMILES string of the molecule is Cc1ccc(C(CC(N)=O)N2CC3CN(C(=O)c4ncccc4Cl)CC3C2)cc1Cl. The van der Waals surface area contributed by atoms with Crippen LogP contribution in [0.1, 0.15) is 34.1 Å². The molecule has 2 saturated heterocycles. The first-order valence-electron chi connectivity index (χ1n) is 10.0. The maximum Gasteiger partial charge on any atom is 0.274 e. The number of carbonyl (C=O) groups excluding carboxylic acids is 2. The summed E-state index contributed by atoms with van der Waals surface area (Å²) in [5.74, 6) is 0.219. The highest BCUT2D eigenvalue weighted by atomic mass is 35.5. The smallest absolute Gasteiger partial charge is 0.274 e. The summed E-state index contributed by atoms with van der Waals surface area (Å²) in [6.45, 7) is 4.87. The van der Waals surface area contributed by atoms with Crippen LogP contribution in [-0.4, -0.2) is 52.8 Å². The molecule has 3 heterocycles. The van der Waals surface area contributed by atoms with Crippen LogP contribution in [0.2, 0.25) is 10.0 Å². The van der Waals surface area contributed by atoms with Crippen LogP contribution in [0.4, 0.5) is 0 Å². The molecule has 2 amide bonds. The predicted molar refractivity (Wildman–Crippen MR) is 116 cm³/mol. The Hall–Kier alpha value is -2.15. The van der Waals surface area contributed by atoms with Crippen LogP contribution >= 0.6 is 23.2 Å². The van der Waals surface area contributed by atoms with E-state index in [1.165, 1.54) is 0 Å². The lowest BCUT2D eigenvalue weighted by atomic mass is 10.0. The van der Waals surface area contributed by atoms with Crippen LogP contribution in [0.5, 0.6) is 0 Å². The van der Waals surface area contributed by atoms with Gasteiger partial charge in [0.25, 0.3) is 5.91 Å². The Kier molecular flexibility index (Phi) is 6.00. The zero-order valence-corrected chi connectivity index (χ0v) is 18.2. The summed E-state index contributed by atoms with van der Waals surface area (Å²) < 4.78 is 0. The number of benzene rings is 1. The van der Waals surface area contributed by atoms with Crippen LogP contribution in [-0.2, 0) is 4.79 Å². The van der Waals surface area contributed by atoms with Crippen molar-refractivity contribution in [1.29, 1.82) is 0 Å². The van der Waals surface area contributed by atoms with Crippen molar-refractivity contribution in [3.8, 4) is 0 Å². The van der Waals surface area contributed by atoms with Gasteiger partial charge in [0.05, 0.1) is 5.02 Å². The number of carbonyl (C=O) groups is 2. The van der Waals surface area contributed by atoms with Gasteiger partial charge in [0.2, 0.25) is 5.91 Å². The van der Waals surface area contributed by atoms with E-state index in [4.69, 9.17) is 28.9 Å². The molecule has 2 aromatic rings. The molecule has 4 rings (SSSR count). The molecule has 0 aliphatic carbocycles. The Morgan fingerprint density at radius 2 is 1.83 bits per heavy atom. The molecule has 3 unspecified atom stereocenters. The van der Waals surface area contributed by atoms with Crippen molar-refractivity contribution in [2.24, 2.45) is 17.6 Å². The number of nitrogens with zero attached hydrogens (tertiary/aromatic N) is 3. The maximum atomic E-state index is 12.8. The van der Waals surface area contributed by atoms with Crippen LogP contribution in [0.25, 0.3) is 0 Å². The van der Waals surface area contributed by atoms with Gasteiger partial charge < -0.3 is 10.6 Å². The number of likely N-dealkylation sites (tertiary alicyclic amines) is 2. The zero-order valence-electron chi connectivity index (χ0n) is 16.7. The van der Waals surface area contributed by atoms with Crippen LogP contribution in [0, 0.1) is 18.8 Å². The number of rotatable bonds is 5. The van der Waals surface area contributed by atoms with Gasteiger partial charge in [-0.05, 0) is 48.1 Å². The summed E-state index contributed by atoms with van der Waals surface area (Å²) in [4.78, 5) is 32.9. The molecule has 0 bridgehead atoms. The van der Waals surface area contributed by atoms with Crippen LogP contribution < -0.4 is 5.73 Å². The first-order chi connectivity index (χ1) is 14.3. The number of halogens is 2. The van der Waals surface area contributed by atoms with Crippen molar-refractivity contribution < 1.29 is 9.59 Å². The predicted octanol–water partition coefficient (Wildman–Crippen LogP) is 3.32. The van der Waals surface area contributed by atoms with Gasteiger partial charge in [-0.25, -0.2) is 4.98 Å². The van der Waals surface area contributed by atoms with Crippen molar-refractivity contribution in [3.63, 3.8) is 0 Å². The maximum absolute atomic E-state index is 12.8. The number of fused-ring (bicyclic) bond motifs is 1. The van der Waals surface area contributed by atoms with Crippen molar-refractivity contribution in [3.05, 3.63) is 63.4 Å². The fourth-order valence-electron chi connectivity index (χ4n) is 4.61. The Morgan fingerprint density at radius 1 is 1.13 bits per heavy atom. The minimum Gasteiger partial charge on any atom is -0.370 e. The summed E-state index contributed by atoms with van der Waals surface area (Å²) >= 11 is 12.5. The van der Waals surface area contributed by atoms with E-state index in [0.717, 1.165) is 24.2 Å². The average molecular weight is 447 g/mol. The van der Waals surface area contributed by atoms with E-state index in [0.29, 0.717) is 40.7 Å². The molecule has 1 aromatic heterocycles. The molecule has 0 saturated carbocycles. The second-order valence-electron chi connectivity index (χ2n) is 8.21. The quantitative estimate of drug-likeness (QED) is 0.763. The van der Waals surface area contributed by atoms with Gasteiger partial charge in [0.1, 0.15) is 5.69 Å². The molecule has 2 N–H and O–H groups in total. The van der Waals surface area contributed by atoms with Crippen LogP contribution in [0.3, 0.4) is 0 Å². The third-order valence-corrected chi connectivity index (χ3v) is 6.89. The van der Waals surface area contributed by atoms with E-state index in [1.807, 2.05) is 30.0 Å². The molecule has 2 fully saturated rings. The van der Waals surface area contributed by atoms with Crippen LogP contribution in [0.15, 0.2) is 36.5 Å². The fraction of sp³-hybridized carbons (Fsp3) is 0.409. The number of nitrogens with two attached hydrogens (primary N) is 1. The van der Waals surface area contributed by atoms with Crippen molar-refractivity contribution in [1.82, 2.24) is 14.8 Å². The van der Waals surface area contributed by atoms with Gasteiger partial charge in [-0.3, -0.25) is 14.5 Å². The molecule has 6 nitrogen and oxygen atoms in total. The molecule has 158 valence electrons. The van der Waals surface area contributed by atoms with Gasteiger partial charge in [0.15, 0.2) is 0 Å². The molecule has 1 aromatic carbocycles. The number of hydrogen-bond donors (Lipinski definition) is 1. The molecule has 30 heavy (non-hydrogen) atoms. The Balaban J connectivity index is 1.47. The van der Waals surface area contributed by atoms with E-state index in [2.05, 4.69) is 9.88 Å². The third-order valence-electron chi connectivity index (χ3n) is 6.18. The van der Waals surface area contributed by atoms with E-state index >= 15 is 0 Å². The lowest BCUT2D eigenvalue weighted by molar-refractivity contribution is -0.119. The number of aryl methyl sites for hydroxylation is 1. The van der Waals surface area contributed by atoms with E-state index in [1.54, 1.807) is 18.3 Å². The summed E-state index contributed by atoms with van der Waals surface area (Å²) in [5, 5.41) is 1.06. The summed E-state index contributed by atoms with van der Waals surface area (Å²) in [6, 6.07) is 9.20. The Morgan fingerprint density at radius 3 is 2.43 bits per heavy atom. The Bertz CT molecular complexity index is 969. The van der Waals surface area contributed by atoms with Gasteiger partial charge in [-0.15, -0.1) is 0 Å². The second-order valence-corrected chi connectivity index (χ2v) is 9.03. The van der Waals surface area contributed by atoms with Gasteiger partial charge in [-0.1, -0.05) is 35.3 Å². The fourth-order valence-corrected chi connectivity index (χ4v) is 5.00. The Labute approximate surface area is 185 Å². The van der Waals surface area contributed by atoms with Crippen molar-refractivity contribution in [2.75, 3.05) is 26.2 Å². The highest BCUT2D eigenvalue weighted by Gasteiger charge is 2.44. The first-order valence-corrected chi connectivity index (χ1v) is 10.8. The summed E-state index contributed by atoms with van der Waals surface area (Å²) in [5.41, 5.74) is 7.85. The number of pyridine rings is 1. The molecule has 3 atom stereocenters. The van der Waals surface area contributed by atoms with Crippen molar-refractivity contribution >= 4 is 35.0 Å². The zero-order chi connectivity index (χ0) is 21.4. The van der Waals surface area contributed by atoms with Gasteiger partial charge in [-0.2, -0.15) is 0 Å². The minimum atomic E-state index is -0.338. The summed E-state index contributed by atoms with van der Waals surface area (Å²) in [6.07, 6.45) is 1.82. The van der Waals surface area contributed by atoms with E-state index in [9.17, 15) is 9.59 Å². The first kappa shape index (κ1) is 21.1. The molecular weight excluding hydrogens is 423 g/mol. The lowest BCUT2D eigenvalue weighted by Gasteiger charge is -2.29. The third kappa shape index (κ3) is 4.17.